The molecular formula is C25H26O3. The van der Waals surface area contributed by atoms with E-state index in [1.165, 1.54) is 0 Å². The molecule has 0 aliphatic carbocycles. The van der Waals surface area contributed by atoms with Crippen molar-refractivity contribution >= 4 is 11.4 Å². The molecule has 0 bridgehead atoms. The number of ketones is 1. The molecule has 0 amide bonds. The van der Waals surface area contributed by atoms with Crippen LogP contribution in [0, 0.1) is 5.92 Å². The number of allylic oxidation sites excluding steroid dienone is 1. The van der Waals surface area contributed by atoms with E-state index in [2.05, 4.69) is 37.3 Å². The molecular weight excluding hydrogens is 348 g/mol. The summed E-state index contributed by atoms with van der Waals surface area (Å²) in [6.07, 6.45) is 4.53. The van der Waals surface area contributed by atoms with E-state index in [9.17, 15) is 4.79 Å². The highest BCUT2D eigenvalue weighted by Crippen LogP contribution is 2.23. The Morgan fingerprint density at radius 3 is 2.36 bits per heavy atom. The molecule has 1 unspecified atom stereocenters. The average Bonchev–Trinajstić information content (AvgIpc) is 3.24. The molecule has 3 rings (SSSR count). The molecule has 0 N–H and O–H groups in total. The Morgan fingerprint density at radius 2 is 1.75 bits per heavy atom. The second-order valence-corrected chi connectivity index (χ2v) is 7.11. The fourth-order valence-electron chi connectivity index (χ4n) is 2.94. The van der Waals surface area contributed by atoms with E-state index in [1.54, 1.807) is 13.2 Å². The number of furan rings is 1. The maximum Gasteiger partial charge on any atom is 0.133 e. The fourth-order valence-corrected chi connectivity index (χ4v) is 2.94. The first-order valence-corrected chi connectivity index (χ1v) is 9.56. The van der Waals surface area contributed by atoms with Crippen LogP contribution in [0.4, 0.5) is 0 Å². The van der Waals surface area contributed by atoms with Gasteiger partial charge in [0.1, 0.15) is 23.9 Å². The van der Waals surface area contributed by atoms with Crippen molar-refractivity contribution in [1.29, 1.82) is 0 Å². The van der Waals surface area contributed by atoms with E-state index in [0.717, 1.165) is 40.2 Å². The number of ether oxygens (including phenoxy) is 1. The maximum absolute atomic E-state index is 11.4. The van der Waals surface area contributed by atoms with Gasteiger partial charge in [-0.3, -0.25) is 4.79 Å². The summed E-state index contributed by atoms with van der Waals surface area (Å²) >= 11 is 0. The summed E-state index contributed by atoms with van der Waals surface area (Å²) in [6.45, 7) is 6.19. The van der Waals surface area contributed by atoms with Crippen molar-refractivity contribution in [2.75, 3.05) is 6.61 Å². The van der Waals surface area contributed by atoms with Gasteiger partial charge in [-0.25, -0.2) is 0 Å². The van der Waals surface area contributed by atoms with Gasteiger partial charge in [0.15, 0.2) is 0 Å². The van der Waals surface area contributed by atoms with Gasteiger partial charge in [-0.05, 0) is 67.3 Å². The van der Waals surface area contributed by atoms with Crippen molar-refractivity contribution in [2.45, 2.75) is 27.2 Å². The first-order valence-electron chi connectivity index (χ1n) is 9.56. The van der Waals surface area contributed by atoms with Gasteiger partial charge in [-0.15, -0.1) is 0 Å². The van der Waals surface area contributed by atoms with Crippen molar-refractivity contribution in [2.24, 2.45) is 5.92 Å². The largest absolute Gasteiger partial charge is 0.490 e. The van der Waals surface area contributed by atoms with Crippen LogP contribution in [0.5, 0.6) is 5.75 Å². The van der Waals surface area contributed by atoms with Crippen molar-refractivity contribution in [3.8, 4) is 17.1 Å². The van der Waals surface area contributed by atoms with Gasteiger partial charge >= 0.3 is 0 Å². The van der Waals surface area contributed by atoms with Gasteiger partial charge in [0.2, 0.25) is 0 Å². The number of rotatable bonds is 8. The topological polar surface area (TPSA) is 39.4 Å². The van der Waals surface area contributed by atoms with Crippen LogP contribution in [0.1, 0.15) is 31.9 Å². The SMILES string of the molecule is CC(=O)C(C)Cc1ccc(OC/C=C(\C)c2ccc(-c3ccco3)cc2)cc1. The Labute approximate surface area is 166 Å². The van der Waals surface area contributed by atoms with Crippen LogP contribution in [0.15, 0.2) is 77.4 Å². The second kappa shape index (κ2) is 9.23. The molecule has 28 heavy (non-hydrogen) atoms. The monoisotopic (exact) mass is 374 g/mol. The summed E-state index contributed by atoms with van der Waals surface area (Å²) in [5.41, 5.74) is 4.54. The molecule has 3 aromatic rings. The van der Waals surface area contributed by atoms with E-state index in [4.69, 9.17) is 9.15 Å². The Morgan fingerprint density at radius 1 is 1.04 bits per heavy atom. The summed E-state index contributed by atoms with van der Waals surface area (Å²) in [4.78, 5) is 11.4. The predicted octanol–water partition coefficient (Wildman–Crippen LogP) is 6.20. The third-order valence-corrected chi connectivity index (χ3v) is 4.94. The third kappa shape index (κ3) is 5.23. The van der Waals surface area contributed by atoms with Gasteiger partial charge < -0.3 is 9.15 Å². The molecule has 1 heterocycles. The lowest BCUT2D eigenvalue weighted by Crippen LogP contribution is -2.09. The lowest BCUT2D eigenvalue weighted by molar-refractivity contribution is -0.120. The minimum atomic E-state index is 0.0523. The molecule has 1 aromatic heterocycles. The highest BCUT2D eigenvalue weighted by Gasteiger charge is 2.08. The molecule has 144 valence electrons. The summed E-state index contributed by atoms with van der Waals surface area (Å²) in [7, 11) is 0. The Kier molecular flexibility index (Phi) is 6.49. The van der Waals surface area contributed by atoms with E-state index in [0.29, 0.717) is 6.61 Å². The third-order valence-electron chi connectivity index (χ3n) is 4.94. The Balaban J connectivity index is 1.54. The molecule has 0 aliphatic heterocycles. The number of benzene rings is 2. The highest BCUT2D eigenvalue weighted by atomic mass is 16.5. The highest BCUT2D eigenvalue weighted by molar-refractivity contribution is 5.78. The van der Waals surface area contributed by atoms with Crippen LogP contribution in [-0.4, -0.2) is 12.4 Å². The summed E-state index contributed by atoms with van der Waals surface area (Å²) in [5.74, 6) is 1.98. The van der Waals surface area contributed by atoms with E-state index < -0.39 is 0 Å². The van der Waals surface area contributed by atoms with Gasteiger partial charge in [-0.1, -0.05) is 43.3 Å². The smallest absolute Gasteiger partial charge is 0.133 e. The van der Waals surface area contributed by atoms with Crippen LogP contribution >= 0.6 is 0 Å². The van der Waals surface area contributed by atoms with Crippen LogP contribution in [-0.2, 0) is 11.2 Å². The number of hydrogen-bond donors (Lipinski definition) is 0. The molecule has 2 aromatic carbocycles. The number of carbonyl (C=O) groups excluding carboxylic acids is 1. The van der Waals surface area contributed by atoms with Gasteiger partial charge in [-0.2, -0.15) is 0 Å². The van der Waals surface area contributed by atoms with Gasteiger partial charge in [0, 0.05) is 11.5 Å². The van der Waals surface area contributed by atoms with Crippen LogP contribution < -0.4 is 4.74 Å². The zero-order valence-corrected chi connectivity index (χ0v) is 16.6. The summed E-state index contributed by atoms with van der Waals surface area (Å²) < 4.78 is 11.3. The zero-order chi connectivity index (χ0) is 19.9. The van der Waals surface area contributed by atoms with Crippen molar-refractivity contribution in [3.63, 3.8) is 0 Å². The number of Topliss-reactive ketones (excluding diaryl/α,β-unsaturated/α-hetero) is 1. The molecule has 3 nitrogen and oxygen atoms in total. The van der Waals surface area contributed by atoms with Crippen LogP contribution in [0.2, 0.25) is 0 Å². The van der Waals surface area contributed by atoms with Crippen molar-refractivity contribution in [1.82, 2.24) is 0 Å². The second-order valence-electron chi connectivity index (χ2n) is 7.11. The molecule has 0 saturated heterocycles. The standard InChI is InChI=1S/C25H26O3/c1-18(22-8-10-23(11-9-22)25-5-4-15-28-25)14-16-27-24-12-6-21(7-13-24)17-19(2)20(3)26/h4-15,19H,16-17H2,1-3H3/b18-14+. The molecule has 3 heteroatoms. The summed E-state index contributed by atoms with van der Waals surface area (Å²) in [5, 5.41) is 0. The van der Waals surface area contributed by atoms with Crippen molar-refractivity contribution in [3.05, 3.63) is 84.1 Å². The normalized spacial score (nSPS) is 12.6. The van der Waals surface area contributed by atoms with Gasteiger partial charge in [0.05, 0.1) is 6.26 Å². The Hall–Kier alpha value is -3.07. The maximum atomic E-state index is 11.4. The minimum absolute atomic E-state index is 0.0523. The van der Waals surface area contributed by atoms with Crippen molar-refractivity contribution < 1.29 is 13.9 Å². The quantitative estimate of drug-likeness (QED) is 0.471. The van der Waals surface area contributed by atoms with E-state index in [-0.39, 0.29) is 11.7 Å². The average molecular weight is 374 g/mol. The summed E-state index contributed by atoms with van der Waals surface area (Å²) in [6, 6.07) is 20.1. The molecule has 1 atom stereocenters. The molecule has 0 saturated carbocycles. The fraction of sp³-hybridized carbons (Fsp3) is 0.240. The van der Waals surface area contributed by atoms with E-state index >= 15 is 0 Å². The minimum Gasteiger partial charge on any atom is -0.490 e. The lowest BCUT2D eigenvalue weighted by Gasteiger charge is -2.09. The van der Waals surface area contributed by atoms with Gasteiger partial charge in [0.25, 0.3) is 0 Å². The number of hydrogen-bond acceptors (Lipinski definition) is 3. The van der Waals surface area contributed by atoms with Crippen LogP contribution in [0.25, 0.3) is 16.9 Å². The molecule has 0 fully saturated rings. The molecule has 0 spiro atoms. The number of carbonyl (C=O) groups is 1. The first-order chi connectivity index (χ1) is 13.5. The van der Waals surface area contributed by atoms with E-state index in [1.807, 2.05) is 43.3 Å². The predicted molar refractivity (Wildman–Crippen MR) is 113 cm³/mol. The van der Waals surface area contributed by atoms with Crippen LogP contribution in [0.3, 0.4) is 0 Å². The molecule has 0 radical (unpaired) electrons. The first kappa shape index (κ1) is 19.7. The zero-order valence-electron chi connectivity index (χ0n) is 16.6. The lowest BCUT2D eigenvalue weighted by atomic mass is 9.98. The molecule has 0 aliphatic rings. The Bertz CT molecular complexity index is 917.